The van der Waals surface area contributed by atoms with E-state index in [0.717, 1.165) is 0 Å². The van der Waals surface area contributed by atoms with Crippen molar-refractivity contribution in [3.8, 4) is 0 Å². The number of benzene rings is 2. The molecular formula is C14H13Br2NO3S. The third-order valence-corrected chi connectivity index (χ3v) is 5.69. The molecule has 0 spiro atoms. The highest BCUT2D eigenvalue weighted by Crippen LogP contribution is 2.29. The van der Waals surface area contributed by atoms with E-state index < -0.39 is 16.1 Å². The molecule has 2 N–H and O–H groups in total. The number of para-hydroxylation sites is 1. The summed E-state index contributed by atoms with van der Waals surface area (Å²) in [5.74, 6) is 0. The summed E-state index contributed by atoms with van der Waals surface area (Å²) < 4.78 is 28.7. The predicted molar refractivity (Wildman–Crippen MR) is 89.7 cm³/mol. The van der Waals surface area contributed by atoms with Crippen LogP contribution in [0.25, 0.3) is 0 Å². The van der Waals surface area contributed by atoms with Crippen LogP contribution in [0.15, 0.2) is 56.3 Å². The van der Waals surface area contributed by atoms with Gasteiger partial charge in [0.2, 0.25) is 0 Å². The second kappa shape index (κ2) is 6.48. The fourth-order valence-corrected chi connectivity index (χ4v) is 4.43. The van der Waals surface area contributed by atoms with Gasteiger partial charge in [-0.1, -0.05) is 34.1 Å². The van der Waals surface area contributed by atoms with Gasteiger partial charge in [0.1, 0.15) is 4.90 Å². The maximum Gasteiger partial charge on any atom is 0.263 e. The second-order valence-electron chi connectivity index (χ2n) is 4.44. The maximum atomic E-state index is 12.5. The van der Waals surface area contributed by atoms with E-state index in [2.05, 4.69) is 36.6 Å². The molecule has 0 aliphatic rings. The first-order chi connectivity index (χ1) is 9.81. The summed E-state index contributed by atoms with van der Waals surface area (Å²) in [5.41, 5.74) is 0.881. The second-order valence-corrected chi connectivity index (χ2v) is 7.86. The molecule has 0 radical (unpaired) electrons. The molecule has 21 heavy (non-hydrogen) atoms. The fraction of sp³-hybridized carbons (Fsp3) is 0.143. The van der Waals surface area contributed by atoms with Crippen molar-refractivity contribution in [3.63, 3.8) is 0 Å². The fourth-order valence-electron chi connectivity index (χ4n) is 1.84. The van der Waals surface area contributed by atoms with Crippen molar-refractivity contribution >= 4 is 47.6 Å². The molecule has 0 aliphatic heterocycles. The zero-order valence-electron chi connectivity index (χ0n) is 11.0. The smallest absolute Gasteiger partial charge is 0.263 e. The Balaban J connectivity index is 2.45. The van der Waals surface area contributed by atoms with Gasteiger partial charge in [0.05, 0.1) is 11.8 Å². The summed E-state index contributed by atoms with van der Waals surface area (Å²) in [7, 11) is -3.76. The van der Waals surface area contributed by atoms with E-state index in [0.29, 0.717) is 20.2 Å². The molecule has 2 aromatic carbocycles. The molecular weight excluding hydrogens is 422 g/mol. The summed E-state index contributed by atoms with van der Waals surface area (Å²) in [5, 5.41) is 9.72. The summed E-state index contributed by atoms with van der Waals surface area (Å²) in [6.45, 7) is 1.59. The molecule has 0 fully saturated rings. The number of sulfonamides is 1. The lowest BCUT2D eigenvalue weighted by atomic mass is 10.1. The van der Waals surface area contributed by atoms with Crippen molar-refractivity contribution in [1.29, 1.82) is 0 Å². The Kier molecular flexibility index (Phi) is 5.08. The lowest BCUT2D eigenvalue weighted by molar-refractivity contribution is 0.200. The van der Waals surface area contributed by atoms with Crippen molar-refractivity contribution in [1.82, 2.24) is 0 Å². The van der Waals surface area contributed by atoms with Crippen LogP contribution in [-0.4, -0.2) is 13.5 Å². The van der Waals surface area contributed by atoms with Gasteiger partial charge < -0.3 is 5.11 Å². The molecule has 2 aromatic rings. The summed E-state index contributed by atoms with van der Waals surface area (Å²) in [6, 6.07) is 11.7. The standard InChI is InChI=1S/C14H13Br2NO3S/c1-9(18)11-4-2-3-5-13(11)17-21(19,20)14-8-10(15)6-7-12(14)16/h2-9,17-18H,1H3. The Morgan fingerprint density at radius 3 is 2.48 bits per heavy atom. The van der Waals surface area contributed by atoms with Crippen molar-refractivity contribution in [2.24, 2.45) is 0 Å². The quantitative estimate of drug-likeness (QED) is 0.762. The molecule has 0 aromatic heterocycles. The molecule has 0 aliphatic carbocycles. The molecule has 1 atom stereocenters. The molecule has 1 unspecified atom stereocenters. The van der Waals surface area contributed by atoms with Crippen LogP contribution in [0.4, 0.5) is 5.69 Å². The molecule has 0 amide bonds. The molecule has 112 valence electrons. The number of nitrogens with one attached hydrogen (secondary N) is 1. The first-order valence-corrected chi connectivity index (χ1v) is 9.13. The highest BCUT2D eigenvalue weighted by molar-refractivity contribution is 9.11. The highest BCUT2D eigenvalue weighted by atomic mass is 79.9. The molecule has 0 saturated carbocycles. The Morgan fingerprint density at radius 2 is 1.81 bits per heavy atom. The van der Waals surface area contributed by atoms with Gasteiger partial charge >= 0.3 is 0 Å². The zero-order valence-corrected chi connectivity index (χ0v) is 15.0. The SMILES string of the molecule is CC(O)c1ccccc1NS(=O)(=O)c1cc(Br)ccc1Br. The zero-order chi connectivity index (χ0) is 15.6. The molecule has 0 saturated heterocycles. The molecule has 4 nitrogen and oxygen atoms in total. The number of aliphatic hydroxyl groups is 1. The van der Waals surface area contributed by atoms with Crippen LogP contribution < -0.4 is 4.72 Å². The third kappa shape index (κ3) is 3.85. The first kappa shape index (κ1) is 16.5. The van der Waals surface area contributed by atoms with Crippen LogP contribution in [0.5, 0.6) is 0 Å². The third-order valence-electron chi connectivity index (χ3n) is 2.84. The number of rotatable bonds is 4. The Morgan fingerprint density at radius 1 is 1.14 bits per heavy atom. The monoisotopic (exact) mass is 433 g/mol. The average molecular weight is 435 g/mol. The van der Waals surface area contributed by atoms with Crippen LogP contribution in [0.3, 0.4) is 0 Å². The van der Waals surface area contributed by atoms with Crippen LogP contribution in [0, 0.1) is 0 Å². The van der Waals surface area contributed by atoms with E-state index in [1.807, 2.05) is 0 Å². The van der Waals surface area contributed by atoms with Gasteiger partial charge in [-0.05, 0) is 47.1 Å². The number of aliphatic hydroxyl groups excluding tert-OH is 1. The van der Waals surface area contributed by atoms with Gasteiger partial charge in [0, 0.05) is 14.5 Å². The predicted octanol–water partition coefficient (Wildman–Crippen LogP) is 4.07. The largest absolute Gasteiger partial charge is 0.389 e. The maximum absolute atomic E-state index is 12.5. The number of halogens is 2. The summed E-state index contributed by atoms with van der Waals surface area (Å²) in [6.07, 6.45) is -0.769. The minimum atomic E-state index is -3.76. The van der Waals surface area contributed by atoms with Crippen LogP contribution in [0.2, 0.25) is 0 Å². The molecule has 0 heterocycles. The van der Waals surface area contributed by atoms with Crippen molar-refractivity contribution < 1.29 is 13.5 Å². The molecule has 7 heteroatoms. The lowest BCUT2D eigenvalue weighted by Crippen LogP contribution is -2.15. The van der Waals surface area contributed by atoms with E-state index in [4.69, 9.17) is 0 Å². The number of hydrogen-bond donors (Lipinski definition) is 2. The van der Waals surface area contributed by atoms with Crippen LogP contribution in [-0.2, 0) is 10.0 Å². The minimum Gasteiger partial charge on any atom is -0.389 e. The topological polar surface area (TPSA) is 66.4 Å². The van der Waals surface area contributed by atoms with E-state index >= 15 is 0 Å². The number of hydrogen-bond acceptors (Lipinski definition) is 3. The van der Waals surface area contributed by atoms with Gasteiger partial charge in [0.25, 0.3) is 10.0 Å². The van der Waals surface area contributed by atoms with E-state index in [1.165, 1.54) is 6.07 Å². The lowest BCUT2D eigenvalue weighted by Gasteiger charge is -2.15. The molecule has 2 rings (SSSR count). The van der Waals surface area contributed by atoms with Gasteiger partial charge in [-0.25, -0.2) is 8.42 Å². The van der Waals surface area contributed by atoms with Crippen LogP contribution >= 0.6 is 31.9 Å². The number of anilines is 1. The van der Waals surface area contributed by atoms with Crippen molar-refractivity contribution in [2.75, 3.05) is 4.72 Å². The first-order valence-electron chi connectivity index (χ1n) is 6.06. The van der Waals surface area contributed by atoms with Gasteiger partial charge in [-0.15, -0.1) is 0 Å². The summed E-state index contributed by atoms with van der Waals surface area (Å²) >= 11 is 6.50. The van der Waals surface area contributed by atoms with Crippen molar-refractivity contribution in [2.45, 2.75) is 17.9 Å². The van der Waals surface area contributed by atoms with Gasteiger partial charge in [-0.2, -0.15) is 0 Å². The highest BCUT2D eigenvalue weighted by Gasteiger charge is 2.20. The Labute approximate surface area is 140 Å². The van der Waals surface area contributed by atoms with Gasteiger partial charge in [0.15, 0.2) is 0 Å². The van der Waals surface area contributed by atoms with E-state index in [-0.39, 0.29) is 4.90 Å². The van der Waals surface area contributed by atoms with Crippen LogP contribution in [0.1, 0.15) is 18.6 Å². The Bertz CT molecular complexity index is 761. The Hall–Kier alpha value is -0.890. The van der Waals surface area contributed by atoms with E-state index in [1.54, 1.807) is 43.3 Å². The van der Waals surface area contributed by atoms with E-state index in [9.17, 15) is 13.5 Å². The van der Waals surface area contributed by atoms with Gasteiger partial charge in [-0.3, -0.25) is 4.72 Å². The normalized spacial score (nSPS) is 13.0. The van der Waals surface area contributed by atoms with Crippen molar-refractivity contribution in [3.05, 3.63) is 57.0 Å². The molecule has 0 bridgehead atoms. The minimum absolute atomic E-state index is 0.122. The summed E-state index contributed by atoms with van der Waals surface area (Å²) in [4.78, 5) is 0.122. The average Bonchev–Trinajstić information content (AvgIpc) is 2.41.